The normalized spacial score (nSPS) is 12.3. The van der Waals surface area contributed by atoms with Crippen molar-refractivity contribution < 1.29 is 13.6 Å². The molecule has 0 aliphatic heterocycles. The van der Waals surface area contributed by atoms with E-state index in [0.29, 0.717) is 0 Å². The summed E-state index contributed by atoms with van der Waals surface area (Å²) in [7, 11) is 0. The van der Waals surface area contributed by atoms with Gasteiger partial charge in [0.05, 0.1) is 5.69 Å². The van der Waals surface area contributed by atoms with Crippen LogP contribution in [0.4, 0.5) is 14.5 Å². The maximum absolute atomic E-state index is 13.1. The van der Waals surface area contributed by atoms with Crippen LogP contribution in [0.5, 0.6) is 0 Å². The number of carbonyl (C=O) groups excluding carboxylic acids is 1. The Balaban J connectivity index is 2.71. The van der Waals surface area contributed by atoms with Gasteiger partial charge in [-0.2, -0.15) is 0 Å². The topological polar surface area (TPSA) is 55.1 Å². The standard InChI is InChI=1S/C10H12F2N2O/c1-6(13)4-10(15)14-9-5-7(11)2-3-8(9)12/h2-3,5-6H,4,13H2,1H3,(H,14,15). The minimum absolute atomic E-state index is 0.0654. The fraction of sp³-hybridized carbons (Fsp3) is 0.300. The van der Waals surface area contributed by atoms with Gasteiger partial charge in [-0.15, -0.1) is 0 Å². The first-order valence-corrected chi connectivity index (χ1v) is 4.49. The van der Waals surface area contributed by atoms with Crippen molar-refractivity contribution >= 4 is 11.6 Å². The zero-order valence-electron chi connectivity index (χ0n) is 8.26. The van der Waals surface area contributed by atoms with Crippen LogP contribution in [-0.4, -0.2) is 11.9 Å². The molecule has 0 aliphatic rings. The van der Waals surface area contributed by atoms with Crippen LogP contribution in [0.2, 0.25) is 0 Å². The van der Waals surface area contributed by atoms with E-state index < -0.39 is 17.5 Å². The summed E-state index contributed by atoms with van der Waals surface area (Å²) in [6.45, 7) is 1.65. The number of halogens is 2. The van der Waals surface area contributed by atoms with Gasteiger partial charge in [-0.3, -0.25) is 4.79 Å². The molecule has 1 unspecified atom stereocenters. The lowest BCUT2D eigenvalue weighted by Crippen LogP contribution is -2.24. The van der Waals surface area contributed by atoms with Gasteiger partial charge in [0.15, 0.2) is 0 Å². The second kappa shape index (κ2) is 4.84. The van der Waals surface area contributed by atoms with Crippen molar-refractivity contribution in [2.75, 3.05) is 5.32 Å². The molecule has 0 aromatic heterocycles. The summed E-state index contributed by atoms with van der Waals surface area (Å²) in [5.74, 6) is -1.71. The van der Waals surface area contributed by atoms with E-state index in [2.05, 4.69) is 5.32 Å². The van der Waals surface area contributed by atoms with Crippen molar-refractivity contribution in [3.05, 3.63) is 29.8 Å². The van der Waals surface area contributed by atoms with Crippen molar-refractivity contribution in [3.63, 3.8) is 0 Å². The summed E-state index contributed by atoms with van der Waals surface area (Å²) in [4.78, 5) is 11.2. The van der Waals surface area contributed by atoms with Crippen LogP contribution in [0.1, 0.15) is 13.3 Å². The molecule has 3 nitrogen and oxygen atoms in total. The maximum atomic E-state index is 13.1. The van der Waals surface area contributed by atoms with Crippen molar-refractivity contribution in [1.82, 2.24) is 0 Å². The molecule has 15 heavy (non-hydrogen) atoms. The lowest BCUT2D eigenvalue weighted by atomic mass is 10.2. The lowest BCUT2D eigenvalue weighted by Gasteiger charge is -2.07. The average Bonchev–Trinajstić information content (AvgIpc) is 2.10. The highest BCUT2D eigenvalue weighted by Gasteiger charge is 2.09. The first kappa shape index (κ1) is 11.6. The van der Waals surface area contributed by atoms with Crippen molar-refractivity contribution in [2.24, 2.45) is 5.73 Å². The molecule has 1 amide bonds. The van der Waals surface area contributed by atoms with Crippen LogP contribution in [-0.2, 0) is 4.79 Å². The quantitative estimate of drug-likeness (QED) is 0.803. The molecule has 0 aliphatic carbocycles. The lowest BCUT2D eigenvalue weighted by molar-refractivity contribution is -0.116. The molecule has 0 fully saturated rings. The van der Waals surface area contributed by atoms with Crippen molar-refractivity contribution in [3.8, 4) is 0 Å². The van der Waals surface area contributed by atoms with Gasteiger partial charge < -0.3 is 11.1 Å². The fourth-order valence-corrected chi connectivity index (χ4v) is 1.09. The first-order chi connectivity index (χ1) is 6.99. The molecule has 1 aromatic rings. The van der Waals surface area contributed by atoms with Gasteiger partial charge >= 0.3 is 0 Å². The molecule has 1 atom stereocenters. The molecular formula is C10H12F2N2O. The van der Waals surface area contributed by atoms with E-state index in [-0.39, 0.29) is 18.2 Å². The number of hydrogen-bond donors (Lipinski definition) is 2. The summed E-state index contributed by atoms with van der Waals surface area (Å²) in [5.41, 5.74) is 5.22. The Morgan fingerprint density at radius 3 is 2.80 bits per heavy atom. The van der Waals surface area contributed by atoms with Gasteiger partial charge in [-0.05, 0) is 19.1 Å². The predicted octanol–water partition coefficient (Wildman–Crippen LogP) is 1.64. The van der Waals surface area contributed by atoms with E-state index in [4.69, 9.17) is 5.73 Å². The van der Waals surface area contributed by atoms with E-state index in [1.165, 1.54) is 0 Å². The summed E-state index contributed by atoms with van der Waals surface area (Å²) >= 11 is 0. The minimum Gasteiger partial charge on any atom is -0.327 e. The van der Waals surface area contributed by atoms with Crippen LogP contribution < -0.4 is 11.1 Å². The second-order valence-corrected chi connectivity index (χ2v) is 3.35. The van der Waals surface area contributed by atoms with Gasteiger partial charge in [0.2, 0.25) is 5.91 Å². The highest BCUT2D eigenvalue weighted by molar-refractivity contribution is 5.91. The molecule has 0 radical (unpaired) electrons. The predicted molar refractivity (Wildman–Crippen MR) is 53.3 cm³/mol. The average molecular weight is 214 g/mol. The highest BCUT2D eigenvalue weighted by Crippen LogP contribution is 2.15. The monoisotopic (exact) mass is 214 g/mol. The molecule has 0 heterocycles. The summed E-state index contributed by atoms with van der Waals surface area (Å²) in [6.07, 6.45) is 0.0654. The van der Waals surface area contributed by atoms with E-state index in [1.807, 2.05) is 0 Å². The van der Waals surface area contributed by atoms with E-state index >= 15 is 0 Å². The molecule has 0 saturated heterocycles. The van der Waals surface area contributed by atoms with Crippen molar-refractivity contribution in [2.45, 2.75) is 19.4 Å². The van der Waals surface area contributed by atoms with Crippen LogP contribution >= 0.6 is 0 Å². The van der Waals surface area contributed by atoms with Gasteiger partial charge in [0.1, 0.15) is 11.6 Å². The minimum atomic E-state index is -0.672. The number of carbonyl (C=O) groups is 1. The molecule has 5 heteroatoms. The van der Waals surface area contributed by atoms with Crippen LogP contribution in [0, 0.1) is 11.6 Å². The third-order valence-electron chi connectivity index (χ3n) is 1.71. The highest BCUT2D eigenvalue weighted by atomic mass is 19.1. The number of nitrogens with two attached hydrogens (primary N) is 1. The van der Waals surface area contributed by atoms with E-state index in [9.17, 15) is 13.6 Å². The third kappa shape index (κ3) is 3.63. The Morgan fingerprint density at radius 1 is 1.53 bits per heavy atom. The van der Waals surface area contributed by atoms with Crippen LogP contribution in [0.15, 0.2) is 18.2 Å². The van der Waals surface area contributed by atoms with Crippen molar-refractivity contribution in [1.29, 1.82) is 0 Å². The Kier molecular flexibility index (Phi) is 3.74. The fourth-order valence-electron chi connectivity index (χ4n) is 1.09. The van der Waals surface area contributed by atoms with Gasteiger partial charge in [-0.25, -0.2) is 8.78 Å². The molecule has 82 valence electrons. The molecular weight excluding hydrogens is 202 g/mol. The second-order valence-electron chi connectivity index (χ2n) is 3.35. The summed E-state index contributed by atoms with van der Waals surface area (Å²) < 4.78 is 25.8. The number of hydrogen-bond acceptors (Lipinski definition) is 2. The Bertz CT molecular complexity index is 366. The number of amides is 1. The Labute approximate surface area is 86.3 Å². The Morgan fingerprint density at radius 2 is 2.20 bits per heavy atom. The molecule has 0 spiro atoms. The molecule has 1 rings (SSSR count). The number of nitrogens with one attached hydrogen (secondary N) is 1. The number of rotatable bonds is 3. The number of anilines is 1. The zero-order valence-corrected chi connectivity index (χ0v) is 8.26. The molecule has 0 saturated carbocycles. The molecule has 3 N–H and O–H groups in total. The molecule has 1 aromatic carbocycles. The van der Waals surface area contributed by atoms with E-state index in [1.54, 1.807) is 6.92 Å². The van der Waals surface area contributed by atoms with Gasteiger partial charge in [-0.1, -0.05) is 0 Å². The Hall–Kier alpha value is -1.49. The summed E-state index contributed by atoms with van der Waals surface area (Å²) in [5, 5.41) is 2.25. The third-order valence-corrected chi connectivity index (χ3v) is 1.71. The van der Waals surface area contributed by atoms with E-state index in [0.717, 1.165) is 18.2 Å². The smallest absolute Gasteiger partial charge is 0.225 e. The van der Waals surface area contributed by atoms with Gasteiger partial charge in [0.25, 0.3) is 0 Å². The SMILES string of the molecule is CC(N)CC(=O)Nc1cc(F)ccc1F. The largest absolute Gasteiger partial charge is 0.327 e. The van der Waals surface area contributed by atoms with Gasteiger partial charge in [0, 0.05) is 18.5 Å². The zero-order chi connectivity index (χ0) is 11.4. The van der Waals surface area contributed by atoms with Crippen LogP contribution in [0.25, 0.3) is 0 Å². The summed E-state index contributed by atoms with van der Waals surface area (Å²) in [6, 6.07) is 2.54. The first-order valence-electron chi connectivity index (χ1n) is 4.49. The van der Waals surface area contributed by atoms with Crippen LogP contribution in [0.3, 0.4) is 0 Å². The molecule has 0 bridgehead atoms. The number of benzene rings is 1. The maximum Gasteiger partial charge on any atom is 0.225 e.